The van der Waals surface area contributed by atoms with E-state index in [-0.39, 0.29) is 6.54 Å². The molecular formula is C30H42FN3O4. The summed E-state index contributed by atoms with van der Waals surface area (Å²) in [6.07, 6.45) is 9.43. The number of aliphatic hydroxyl groups is 1. The number of carboxylic acid groups (broad SMARTS) is 1. The lowest BCUT2D eigenvalue weighted by Gasteiger charge is -2.26. The van der Waals surface area contributed by atoms with Gasteiger partial charge >= 0.3 is 5.97 Å². The number of halogens is 1. The van der Waals surface area contributed by atoms with Crippen molar-refractivity contribution in [1.29, 1.82) is 0 Å². The van der Waals surface area contributed by atoms with Crippen molar-refractivity contribution in [3.8, 4) is 5.75 Å². The molecule has 5 rings (SSSR count). The number of nitrogens with one attached hydrogen (secondary N) is 1. The zero-order chi connectivity index (χ0) is 26.9. The SMILES string of the molecule is COc1ccc(CC2CC2)cc1C(C(=O)O)N1CCC(F)C1.OCCCCCc1ccc2c(n1)NCCC2. The number of aliphatic carboxylic acids is 1. The number of hydrogen-bond donors (Lipinski definition) is 3. The zero-order valence-electron chi connectivity index (χ0n) is 22.5. The molecule has 2 aliphatic heterocycles. The van der Waals surface area contributed by atoms with Crippen LogP contribution in [0.15, 0.2) is 30.3 Å². The minimum atomic E-state index is -0.948. The summed E-state index contributed by atoms with van der Waals surface area (Å²) in [5.41, 5.74) is 4.30. The van der Waals surface area contributed by atoms with Crippen molar-refractivity contribution < 1.29 is 24.1 Å². The van der Waals surface area contributed by atoms with Crippen molar-refractivity contribution in [1.82, 2.24) is 9.88 Å². The van der Waals surface area contributed by atoms with E-state index >= 15 is 0 Å². The number of rotatable bonds is 11. The van der Waals surface area contributed by atoms with Gasteiger partial charge in [0.25, 0.3) is 0 Å². The topological polar surface area (TPSA) is 94.9 Å². The maximum Gasteiger partial charge on any atom is 0.325 e. The number of nitrogens with zero attached hydrogens (tertiary/aromatic N) is 2. The van der Waals surface area contributed by atoms with Gasteiger partial charge in [-0.15, -0.1) is 0 Å². The fourth-order valence-corrected chi connectivity index (χ4v) is 5.35. The molecule has 8 heteroatoms. The molecule has 0 radical (unpaired) electrons. The first kappa shape index (κ1) is 28.3. The first-order valence-electron chi connectivity index (χ1n) is 14.1. The average Bonchev–Trinajstić information content (AvgIpc) is 3.64. The lowest BCUT2D eigenvalue weighted by molar-refractivity contribution is -0.143. The highest BCUT2D eigenvalue weighted by Crippen LogP contribution is 2.37. The van der Waals surface area contributed by atoms with E-state index in [1.165, 1.54) is 30.5 Å². The van der Waals surface area contributed by atoms with Crippen molar-refractivity contribution in [2.45, 2.75) is 76.4 Å². The predicted octanol–water partition coefficient (Wildman–Crippen LogP) is 4.96. The number of hydrogen-bond acceptors (Lipinski definition) is 6. The van der Waals surface area contributed by atoms with Crippen LogP contribution < -0.4 is 10.1 Å². The van der Waals surface area contributed by atoms with E-state index in [0.29, 0.717) is 30.9 Å². The molecular weight excluding hydrogens is 485 g/mol. The van der Waals surface area contributed by atoms with Gasteiger partial charge in [0.1, 0.15) is 23.8 Å². The van der Waals surface area contributed by atoms with Gasteiger partial charge in [0.2, 0.25) is 0 Å². The monoisotopic (exact) mass is 527 g/mol. The molecule has 0 amide bonds. The smallest absolute Gasteiger partial charge is 0.325 e. The van der Waals surface area contributed by atoms with Crippen LogP contribution in [0.2, 0.25) is 0 Å². The highest BCUT2D eigenvalue weighted by atomic mass is 19.1. The number of fused-ring (bicyclic) bond motifs is 1. The molecule has 1 aromatic carbocycles. The van der Waals surface area contributed by atoms with Crippen LogP contribution in [0, 0.1) is 5.92 Å². The second-order valence-electron chi connectivity index (χ2n) is 10.7. The summed E-state index contributed by atoms with van der Waals surface area (Å²) in [6, 6.07) is 9.28. The van der Waals surface area contributed by atoms with Crippen molar-refractivity contribution in [3.63, 3.8) is 0 Å². The number of aliphatic hydroxyl groups excluding tert-OH is 1. The van der Waals surface area contributed by atoms with Crippen LogP contribution in [0.4, 0.5) is 10.2 Å². The average molecular weight is 528 g/mol. The maximum absolute atomic E-state index is 13.5. The summed E-state index contributed by atoms with van der Waals surface area (Å²) in [5.74, 6) is 1.43. The van der Waals surface area contributed by atoms with Crippen LogP contribution in [-0.2, 0) is 24.1 Å². The van der Waals surface area contributed by atoms with Crippen LogP contribution in [-0.4, -0.2) is 65.6 Å². The number of carbonyl (C=O) groups is 1. The standard InChI is InChI=1S/C17H22FNO3.C13H20N2O/c1-22-15-5-4-12(8-11-2-3-11)9-14(15)16(17(20)21)19-7-6-13(18)10-19;16-10-3-1-2-6-12-8-7-11-5-4-9-14-13(11)15-12/h4-5,9,11,13,16H,2-3,6-8,10H2,1H3,(H,20,21);7-8,16H,1-6,9-10H2,(H,14,15). The minimum absolute atomic E-state index is 0.174. The third kappa shape index (κ3) is 7.90. The van der Waals surface area contributed by atoms with Gasteiger partial charge in [0.05, 0.1) is 7.11 Å². The lowest BCUT2D eigenvalue weighted by Crippen LogP contribution is -2.33. The molecule has 208 valence electrons. The quantitative estimate of drug-likeness (QED) is 0.356. The number of unbranched alkanes of at least 4 members (excludes halogenated alkanes) is 2. The summed E-state index contributed by atoms with van der Waals surface area (Å²) >= 11 is 0. The molecule has 3 aliphatic rings. The van der Waals surface area contributed by atoms with Crippen LogP contribution in [0.3, 0.4) is 0 Å². The van der Waals surface area contributed by atoms with E-state index in [0.717, 1.165) is 62.4 Å². The molecule has 2 fully saturated rings. The van der Waals surface area contributed by atoms with Gasteiger partial charge < -0.3 is 20.3 Å². The van der Waals surface area contributed by atoms with Gasteiger partial charge in [0, 0.05) is 37.5 Å². The Labute approximate surface area is 225 Å². The molecule has 1 aromatic heterocycles. The van der Waals surface area contributed by atoms with Gasteiger partial charge in [-0.05, 0) is 93.0 Å². The second kappa shape index (κ2) is 13.9. The number of alkyl halides is 1. The third-order valence-corrected chi connectivity index (χ3v) is 7.61. The van der Waals surface area contributed by atoms with Gasteiger partial charge in [-0.3, -0.25) is 9.69 Å². The molecule has 1 saturated heterocycles. The van der Waals surface area contributed by atoms with E-state index in [1.54, 1.807) is 12.0 Å². The number of carboxylic acids is 1. The van der Waals surface area contributed by atoms with Crippen LogP contribution in [0.5, 0.6) is 5.75 Å². The summed E-state index contributed by atoms with van der Waals surface area (Å²) in [5, 5.41) is 21.7. The van der Waals surface area contributed by atoms with Crippen molar-refractivity contribution in [2.75, 3.05) is 38.7 Å². The highest BCUT2D eigenvalue weighted by Gasteiger charge is 2.35. The van der Waals surface area contributed by atoms with Crippen LogP contribution in [0.25, 0.3) is 0 Å². The van der Waals surface area contributed by atoms with E-state index in [2.05, 4.69) is 22.4 Å². The first-order chi connectivity index (χ1) is 18.5. The van der Waals surface area contributed by atoms with E-state index < -0.39 is 18.2 Å². The largest absolute Gasteiger partial charge is 0.496 e. The van der Waals surface area contributed by atoms with Crippen molar-refractivity contribution in [2.24, 2.45) is 5.92 Å². The van der Waals surface area contributed by atoms with Crippen molar-refractivity contribution in [3.05, 3.63) is 52.7 Å². The Bertz CT molecular complexity index is 1060. The van der Waals surface area contributed by atoms with Gasteiger partial charge in [-0.2, -0.15) is 0 Å². The summed E-state index contributed by atoms with van der Waals surface area (Å²) in [4.78, 5) is 18.1. The molecule has 0 bridgehead atoms. The molecule has 2 atom stereocenters. The lowest BCUT2D eigenvalue weighted by atomic mass is 9.99. The Morgan fingerprint density at radius 2 is 2.05 bits per heavy atom. The first-order valence-corrected chi connectivity index (χ1v) is 14.1. The molecule has 1 saturated carbocycles. The number of aryl methyl sites for hydroxylation is 2. The Morgan fingerprint density at radius 3 is 2.74 bits per heavy atom. The Kier molecular flexibility index (Phi) is 10.4. The zero-order valence-corrected chi connectivity index (χ0v) is 22.5. The predicted molar refractivity (Wildman–Crippen MR) is 147 cm³/mol. The van der Waals surface area contributed by atoms with Crippen LogP contribution in [0.1, 0.15) is 73.4 Å². The summed E-state index contributed by atoms with van der Waals surface area (Å²) < 4.78 is 18.8. The second-order valence-corrected chi connectivity index (χ2v) is 10.7. The molecule has 1 aliphatic carbocycles. The van der Waals surface area contributed by atoms with E-state index in [9.17, 15) is 14.3 Å². The number of likely N-dealkylation sites (tertiary alicyclic amines) is 1. The molecule has 2 unspecified atom stereocenters. The Hall–Kier alpha value is -2.71. The Morgan fingerprint density at radius 1 is 1.21 bits per heavy atom. The third-order valence-electron chi connectivity index (χ3n) is 7.61. The fraction of sp³-hybridized carbons (Fsp3) is 0.600. The molecule has 0 spiro atoms. The van der Waals surface area contributed by atoms with E-state index in [1.807, 2.05) is 18.2 Å². The normalized spacial score (nSPS) is 19.6. The number of pyridine rings is 1. The summed E-state index contributed by atoms with van der Waals surface area (Å²) in [6.45, 7) is 1.99. The van der Waals surface area contributed by atoms with Gasteiger partial charge in [0.15, 0.2) is 0 Å². The van der Waals surface area contributed by atoms with Gasteiger partial charge in [-0.1, -0.05) is 18.6 Å². The Balaban J connectivity index is 0.000000186. The molecule has 3 heterocycles. The summed E-state index contributed by atoms with van der Waals surface area (Å²) in [7, 11) is 1.54. The van der Waals surface area contributed by atoms with Crippen molar-refractivity contribution >= 4 is 11.8 Å². The van der Waals surface area contributed by atoms with Gasteiger partial charge in [-0.25, -0.2) is 9.37 Å². The maximum atomic E-state index is 13.5. The number of aromatic nitrogens is 1. The number of ether oxygens (including phenoxy) is 1. The minimum Gasteiger partial charge on any atom is -0.496 e. The molecule has 38 heavy (non-hydrogen) atoms. The number of methoxy groups -OCH3 is 1. The molecule has 3 N–H and O–H groups in total. The number of benzene rings is 1. The van der Waals surface area contributed by atoms with Crippen LogP contribution >= 0.6 is 0 Å². The molecule has 7 nitrogen and oxygen atoms in total. The van der Waals surface area contributed by atoms with E-state index in [4.69, 9.17) is 9.84 Å². The molecule has 2 aromatic rings. The highest BCUT2D eigenvalue weighted by molar-refractivity contribution is 5.77. The fourth-order valence-electron chi connectivity index (χ4n) is 5.35. The number of anilines is 1.